The number of carbonyl (C=O) groups is 2. The van der Waals surface area contributed by atoms with Gasteiger partial charge in [0.1, 0.15) is 0 Å². The zero-order valence-corrected chi connectivity index (χ0v) is 16.0. The van der Waals surface area contributed by atoms with Gasteiger partial charge in [0, 0.05) is 0 Å². The van der Waals surface area contributed by atoms with Crippen LogP contribution in [0.3, 0.4) is 0 Å². The first-order chi connectivity index (χ1) is 11.4. The van der Waals surface area contributed by atoms with Crippen molar-refractivity contribution in [2.45, 2.75) is 79.1 Å². The fourth-order valence-electron chi connectivity index (χ4n) is 3.24. The smallest absolute Gasteiger partial charge is 0.309 e. The molecule has 0 radical (unpaired) electrons. The maximum atomic E-state index is 12.3. The Morgan fingerprint density at radius 1 is 0.792 bits per heavy atom. The van der Waals surface area contributed by atoms with Crippen molar-refractivity contribution in [1.29, 1.82) is 0 Å². The second-order valence-corrected chi connectivity index (χ2v) is 7.90. The van der Waals surface area contributed by atoms with Crippen molar-refractivity contribution in [3.05, 3.63) is 0 Å². The maximum absolute atomic E-state index is 12.3. The highest BCUT2D eigenvalue weighted by Crippen LogP contribution is 2.32. The van der Waals surface area contributed by atoms with E-state index in [1.807, 2.05) is 0 Å². The number of hydrogen-bond donors (Lipinski definition) is 0. The first-order valence-corrected chi connectivity index (χ1v) is 9.75. The Bertz CT molecular complexity index is 340. The van der Waals surface area contributed by atoms with Crippen LogP contribution < -0.4 is 0 Å². The van der Waals surface area contributed by atoms with E-state index in [2.05, 4.69) is 27.7 Å². The minimum absolute atomic E-state index is 0.206. The van der Waals surface area contributed by atoms with Crippen LogP contribution in [0.4, 0.5) is 0 Å². The molecule has 24 heavy (non-hydrogen) atoms. The van der Waals surface area contributed by atoms with Gasteiger partial charge < -0.3 is 9.47 Å². The van der Waals surface area contributed by atoms with Crippen LogP contribution in [0.15, 0.2) is 0 Å². The molecule has 0 aromatic carbocycles. The van der Waals surface area contributed by atoms with E-state index in [9.17, 15) is 9.59 Å². The molecule has 140 valence electrons. The first kappa shape index (κ1) is 21.0. The van der Waals surface area contributed by atoms with Crippen molar-refractivity contribution in [3.63, 3.8) is 0 Å². The second kappa shape index (κ2) is 11.5. The molecule has 1 saturated carbocycles. The zero-order valence-electron chi connectivity index (χ0n) is 16.0. The van der Waals surface area contributed by atoms with Crippen LogP contribution in [0.5, 0.6) is 0 Å². The van der Waals surface area contributed by atoms with Crippen LogP contribution in [0, 0.1) is 23.7 Å². The Kier molecular flexibility index (Phi) is 10.0. The fourth-order valence-corrected chi connectivity index (χ4v) is 3.24. The van der Waals surface area contributed by atoms with Gasteiger partial charge in [0.2, 0.25) is 0 Å². The molecule has 0 N–H and O–H groups in total. The van der Waals surface area contributed by atoms with Gasteiger partial charge in [-0.05, 0) is 50.4 Å². The average Bonchev–Trinajstić information content (AvgIpc) is 2.54. The molecular formula is C20H36O4. The molecule has 1 fully saturated rings. The van der Waals surface area contributed by atoms with Gasteiger partial charge in [0.05, 0.1) is 25.0 Å². The summed E-state index contributed by atoms with van der Waals surface area (Å²) >= 11 is 0. The van der Waals surface area contributed by atoms with Crippen molar-refractivity contribution in [2.75, 3.05) is 13.2 Å². The van der Waals surface area contributed by atoms with Gasteiger partial charge in [0.15, 0.2) is 0 Å². The molecule has 2 atom stereocenters. The van der Waals surface area contributed by atoms with Gasteiger partial charge >= 0.3 is 11.9 Å². The van der Waals surface area contributed by atoms with E-state index in [0.29, 0.717) is 25.0 Å². The highest BCUT2D eigenvalue weighted by atomic mass is 16.5. The van der Waals surface area contributed by atoms with Crippen molar-refractivity contribution in [2.24, 2.45) is 23.7 Å². The largest absolute Gasteiger partial charge is 0.465 e. The second-order valence-electron chi connectivity index (χ2n) is 7.90. The minimum Gasteiger partial charge on any atom is -0.465 e. The zero-order chi connectivity index (χ0) is 17.9. The molecule has 0 saturated heterocycles. The van der Waals surface area contributed by atoms with Crippen molar-refractivity contribution >= 4 is 11.9 Å². The number of rotatable bonds is 10. The topological polar surface area (TPSA) is 52.6 Å². The van der Waals surface area contributed by atoms with Gasteiger partial charge in [0.25, 0.3) is 0 Å². The number of hydrogen-bond acceptors (Lipinski definition) is 4. The molecule has 1 aliphatic carbocycles. The summed E-state index contributed by atoms with van der Waals surface area (Å²) in [5.74, 6) is 0.204. The molecule has 0 aliphatic heterocycles. The standard InChI is InChI=1S/C20H36O4/c1-15(2)9-7-13-23-19(21)17-11-5-6-12-18(17)20(22)24-14-8-10-16(3)4/h15-18H,5-14H2,1-4H3. The quantitative estimate of drug-likeness (QED) is 0.425. The normalized spacial score (nSPS) is 21.1. The predicted molar refractivity (Wildman–Crippen MR) is 95.5 cm³/mol. The molecule has 4 heteroatoms. The Balaban J connectivity index is 2.39. The molecular weight excluding hydrogens is 304 g/mol. The van der Waals surface area contributed by atoms with Crippen LogP contribution in [0.2, 0.25) is 0 Å². The average molecular weight is 341 g/mol. The summed E-state index contributed by atoms with van der Waals surface area (Å²) < 4.78 is 10.8. The molecule has 2 unspecified atom stereocenters. The Morgan fingerprint density at radius 3 is 1.50 bits per heavy atom. The maximum Gasteiger partial charge on any atom is 0.309 e. The third-order valence-corrected chi connectivity index (χ3v) is 4.71. The van der Waals surface area contributed by atoms with Crippen LogP contribution in [0.1, 0.15) is 79.1 Å². The van der Waals surface area contributed by atoms with Gasteiger partial charge in [-0.15, -0.1) is 0 Å². The van der Waals surface area contributed by atoms with E-state index in [0.717, 1.165) is 51.4 Å². The molecule has 0 heterocycles. The lowest BCUT2D eigenvalue weighted by atomic mass is 9.79. The molecule has 0 aromatic rings. The first-order valence-electron chi connectivity index (χ1n) is 9.75. The van der Waals surface area contributed by atoms with Crippen LogP contribution in [-0.4, -0.2) is 25.2 Å². The van der Waals surface area contributed by atoms with Gasteiger partial charge in [-0.3, -0.25) is 9.59 Å². The summed E-state index contributed by atoms with van der Waals surface area (Å²) in [4.78, 5) is 24.7. The van der Waals surface area contributed by atoms with Crippen LogP contribution >= 0.6 is 0 Å². The minimum atomic E-state index is -0.310. The summed E-state index contributed by atoms with van der Waals surface area (Å²) in [5, 5.41) is 0. The Labute approximate surface area is 147 Å². The molecule has 0 spiro atoms. The van der Waals surface area contributed by atoms with Crippen molar-refractivity contribution < 1.29 is 19.1 Å². The van der Waals surface area contributed by atoms with E-state index in [1.165, 1.54) is 0 Å². The lowest BCUT2D eigenvalue weighted by molar-refractivity contribution is -0.163. The summed E-state index contributed by atoms with van der Waals surface area (Å²) in [7, 11) is 0. The Hall–Kier alpha value is -1.06. The summed E-state index contributed by atoms with van der Waals surface area (Å²) in [5.41, 5.74) is 0. The van der Waals surface area contributed by atoms with Crippen molar-refractivity contribution in [3.8, 4) is 0 Å². The number of ether oxygens (including phenoxy) is 2. The molecule has 1 aliphatic rings. The predicted octanol–water partition coefficient (Wildman–Crippen LogP) is 4.75. The highest BCUT2D eigenvalue weighted by molar-refractivity contribution is 5.82. The summed E-state index contributed by atoms with van der Waals surface area (Å²) in [6, 6.07) is 0. The monoisotopic (exact) mass is 340 g/mol. The third kappa shape index (κ3) is 8.16. The molecule has 0 bridgehead atoms. The lowest BCUT2D eigenvalue weighted by Gasteiger charge is -2.28. The van der Waals surface area contributed by atoms with Crippen LogP contribution in [0.25, 0.3) is 0 Å². The number of esters is 2. The molecule has 4 nitrogen and oxygen atoms in total. The summed E-state index contributed by atoms with van der Waals surface area (Å²) in [6.07, 6.45) is 7.36. The van der Waals surface area contributed by atoms with Crippen LogP contribution in [-0.2, 0) is 19.1 Å². The Morgan fingerprint density at radius 2 is 1.17 bits per heavy atom. The molecule has 1 rings (SSSR count). The van der Waals surface area contributed by atoms with E-state index in [-0.39, 0.29) is 23.8 Å². The van der Waals surface area contributed by atoms with E-state index in [1.54, 1.807) is 0 Å². The van der Waals surface area contributed by atoms with E-state index < -0.39 is 0 Å². The summed E-state index contributed by atoms with van der Waals surface area (Å²) in [6.45, 7) is 9.57. The lowest BCUT2D eigenvalue weighted by Crippen LogP contribution is -2.35. The van der Waals surface area contributed by atoms with Gasteiger partial charge in [-0.25, -0.2) is 0 Å². The third-order valence-electron chi connectivity index (χ3n) is 4.71. The fraction of sp³-hybridized carbons (Fsp3) is 0.900. The van der Waals surface area contributed by atoms with E-state index >= 15 is 0 Å². The van der Waals surface area contributed by atoms with E-state index in [4.69, 9.17) is 9.47 Å². The van der Waals surface area contributed by atoms with Crippen molar-refractivity contribution in [1.82, 2.24) is 0 Å². The molecule has 0 amide bonds. The number of carbonyl (C=O) groups excluding carboxylic acids is 2. The van der Waals surface area contributed by atoms with Gasteiger partial charge in [-0.2, -0.15) is 0 Å². The SMILES string of the molecule is CC(C)CCCOC(=O)C1CCCCC1C(=O)OCCCC(C)C. The molecule has 0 aromatic heterocycles. The van der Waals surface area contributed by atoms with Gasteiger partial charge in [-0.1, -0.05) is 40.5 Å². The highest BCUT2D eigenvalue weighted by Gasteiger charge is 2.37.